The van der Waals surface area contributed by atoms with Gasteiger partial charge in [0.15, 0.2) is 11.5 Å². The molecule has 0 unspecified atom stereocenters. The molecule has 0 saturated carbocycles. The Bertz CT molecular complexity index is 814. The van der Waals surface area contributed by atoms with E-state index < -0.39 is 11.6 Å². The van der Waals surface area contributed by atoms with Crippen molar-refractivity contribution >= 4 is 12.1 Å². The quantitative estimate of drug-likeness (QED) is 0.612. The second kappa shape index (κ2) is 7.91. The van der Waals surface area contributed by atoms with Crippen LogP contribution in [0.3, 0.4) is 0 Å². The van der Waals surface area contributed by atoms with E-state index in [2.05, 4.69) is 20.5 Å². The van der Waals surface area contributed by atoms with E-state index in [0.717, 1.165) is 5.56 Å². The Balaban J connectivity index is 2.09. The normalized spacial score (nSPS) is 10.6. The highest BCUT2D eigenvalue weighted by Crippen LogP contribution is 2.27. The van der Waals surface area contributed by atoms with E-state index >= 15 is 0 Å². The molecule has 0 fully saturated rings. The highest BCUT2D eigenvalue weighted by atomic mass is 16.5. The second-order valence-corrected chi connectivity index (χ2v) is 4.80. The van der Waals surface area contributed by atoms with Gasteiger partial charge >= 0.3 is 5.69 Å². The van der Waals surface area contributed by atoms with Crippen LogP contribution >= 0.6 is 0 Å². The molecule has 2 N–H and O–H groups in total. The van der Waals surface area contributed by atoms with Crippen LogP contribution in [0, 0.1) is 6.92 Å². The molecule has 1 heterocycles. The summed E-state index contributed by atoms with van der Waals surface area (Å²) in [6, 6.07) is 6.73. The van der Waals surface area contributed by atoms with Crippen molar-refractivity contribution in [2.45, 2.75) is 13.8 Å². The van der Waals surface area contributed by atoms with Gasteiger partial charge in [0.05, 0.1) is 19.9 Å². The first kappa shape index (κ1) is 17.2. The Labute approximate surface area is 138 Å². The van der Waals surface area contributed by atoms with Crippen molar-refractivity contribution in [3.05, 3.63) is 51.7 Å². The lowest BCUT2D eigenvalue weighted by molar-refractivity contribution is 0.0949. The Morgan fingerprint density at radius 3 is 2.83 bits per heavy atom. The number of carbonyl (C=O) groups excluding carboxylic acids is 1. The van der Waals surface area contributed by atoms with E-state index in [4.69, 9.17) is 9.47 Å². The van der Waals surface area contributed by atoms with E-state index in [0.29, 0.717) is 23.8 Å². The third-order valence-electron chi connectivity index (χ3n) is 2.98. The number of aromatic nitrogens is 2. The van der Waals surface area contributed by atoms with Crippen LogP contribution in [0.25, 0.3) is 0 Å². The third-order valence-corrected chi connectivity index (χ3v) is 2.98. The lowest BCUT2D eigenvalue weighted by Crippen LogP contribution is -2.24. The van der Waals surface area contributed by atoms with Gasteiger partial charge in [-0.15, -0.1) is 0 Å². The molecule has 2 aromatic rings. The number of H-pyrrole nitrogens is 1. The number of ether oxygens (including phenoxy) is 2. The van der Waals surface area contributed by atoms with Gasteiger partial charge in [-0.25, -0.2) is 10.2 Å². The van der Waals surface area contributed by atoms with Gasteiger partial charge in [0, 0.05) is 5.69 Å². The number of rotatable bonds is 6. The van der Waals surface area contributed by atoms with Crippen molar-refractivity contribution in [2.24, 2.45) is 5.10 Å². The van der Waals surface area contributed by atoms with Gasteiger partial charge in [-0.3, -0.25) is 4.79 Å². The van der Waals surface area contributed by atoms with Crippen LogP contribution in [0.2, 0.25) is 0 Å². The summed E-state index contributed by atoms with van der Waals surface area (Å²) in [5.74, 6) is 0.627. The minimum atomic E-state index is -0.583. The number of amides is 1. The first-order chi connectivity index (χ1) is 11.5. The minimum absolute atomic E-state index is 0.00173. The van der Waals surface area contributed by atoms with Gasteiger partial charge in [-0.05, 0) is 43.7 Å². The van der Waals surface area contributed by atoms with Gasteiger partial charge < -0.3 is 14.5 Å². The number of hydrogen-bond acceptors (Lipinski definition) is 6. The molecule has 1 aromatic carbocycles. The molecule has 126 valence electrons. The first-order valence-electron chi connectivity index (χ1n) is 7.25. The molecule has 2 rings (SSSR count). The average Bonchev–Trinajstić information content (AvgIpc) is 2.54. The van der Waals surface area contributed by atoms with E-state index in [1.165, 1.54) is 12.3 Å². The predicted octanol–water partition coefficient (Wildman–Crippen LogP) is 1.25. The molecule has 0 atom stereocenters. The molecule has 0 aliphatic heterocycles. The summed E-state index contributed by atoms with van der Waals surface area (Å²) in [5, 5.41) is 3.86. The number of methoxy groups -OCH3 is 1. The summed E-state index contributed by atoms with van der Waals surface area (Å²) < 4.78 is 10.7. The largest absolute Gasteiger partial charge is 0.493 e. The van der Waals surface area contributed by atoms with Crippen LogP contribution in [0.1, 0.15) is 28.7 Å². The van der Waals surface area contributed by atoms with Gasteiger partial charge in [0.25, 0.3) is 5.91 Å². The molecule has 0 spiro atoms. The van der Waals surface area contributed by atoms with E-state index in [1.54, 1.807) is 32.2 Å². The summed E-state index contributed by atoms with van der Waals surface area (Å²) in [6.07, 6.45) is 1.46. The fourth-order valence-electron chi connectivity index (χ4n) is 1.96. The highest BCUT2D eigenvalue weighted by Gasteiger charge is 2.08. The minimum Gasteiger partial charge on any atom is -0.493 e. The SMILES string of the molecule is CCOc1cc(/C=N/NC(=O)c2cc(C)[nH]c(=O)n2)ccc1OC. The molecule has 0 radical (unpaired) electrons. The molecule has 1 aromatic heterocycles. The van der Waals surface area contributed by atoms with Crippen LogP contribution in [0.4, 0.5) is 0 Å². The maximum Gasteiger partial charge on any atom is 0.345 e. The number of hydrogen-bond donors (Lipinski definition) is 2. The molecule has 1 amide bonds. The third kappa shape index (κ3) is 4.42. The lowest BCUT2D eigenvalue weighted by Gasteiger charge is -2.09. The molecule has 0 bridgehead atoms. The number of aryl methyl sites for hydroxylation is 1. The molecule has 24 heavy (non-hydrogen) atoms. The highest BCUT2D eigenvalue weighted by molar-refractivity contribution is 5.93. The van der Waals surface area contributed by atoms with Crippen molar-refractivity contribution in [2.75, 3.05) is 13.7 Å². The van der Waals surface area contributed by atoms with Gasteiger partial charge in [-0.1, -0.05) is 0 Å². The second-order valence-electron chi connectivity index (χ2n) is 4.80. The monoisotopic (exact) mass is 330 g/mol. The zero-order valence-corrected chi connectivity index (χ0v) is 13.6. The van der Waals surface area contributed by atoms with Crippen LogP contribution in [0.15, 0.2) is 34.2 Å². The zero-order chi connectivity index (χ0) is 17.5. The molecule has 0 aliphatic rings. The summed E-state index contributed by atoms with van der Waals surface area (Å²) in [7, 11) is 1.56. The van der Waals surface area contributed by atoms with Crippen LogP contribution in [0.5, 0.6) is 11.5 Å². The average molecular weight is 330 g/mol. The molecule has 0 saturated heterocycles. The van der Waals surface area contributed by atoms with Crippen LogP contribution < -0.4 is 20.6 Å². The van der Waals surface area contributed by atoms with Crippen LogP contribution in [-0.2, 0) is 0 Å². The summed E-state index contributed by atoms with van der Waals surface area (Å²) in [5.41, 5.74) is 3.00. The molecular formula is C16H18N4O4. The maximum absolute atomic E-state index is 11.9. The van der Waals surface area contributed by atoms with Crippen molar-refractivity contribution in [3.8, 4) is 11.5 Å². The molecule has 8 heteroatoms. The Morgan fingerprint density at radius 1 is 1.38 bits per heavy atom. The summed E-state index contributed by atoms with van der Waals surface area (Å²) in [4.78, 5) is 29.2. The topological polar surface area (TPSA) is 106 Å². The van der Waals surface area contributed by atoms with Gasteiger partial charge in [0.2, 0.25) is 0 Å². The first-order valence-corrected chi connectivity index (χ1v) is 7.25. The van der Waals surface area contributed by atoms with E-state index in [9.17, 15) is 9.59 Å². The number of nitrogens with one attached hydrogen (secondary N) is 2. The summed E-state index contributed by atoms with van der Waals surface area (Å²) in [6.45, 7) is 4.04. The lowest BCUT2D eigenvalue weighted by atomic mass is 10.2. The zero-order valence-electron chi connectivity index (χ0n) is 13.6. The van der Waals surface area contributed by atoms with Crippen molar-refractivity contribution in [1.82, 2.24) is 15.4 Å². The maximum atomic E-state index is 11.9. The van der Waals surface area contributed by atoms with Crippen LogP contribution in [-0.4, -0.2) is 35.8 Å². The van der Waals surface area contributed by atoms with Crippen molar-refractivity contribution in [3.63, 3.8) is 0 Å². The van der Waals surface area contributed by atoms with E-state index in [-0.39, 0.29) is 5.69 Å². The predicted molar refractivity (Wildman–Crippen MR) is 88.8 cm³/mol. The van der Waals surface area contributed by atoms with Gasteiger partial charge in [0.1, 0.15) is 5.69 Å². The van der Waals surface area contributed by atoms with Crippen molar-refractivity contribution < 1.29 is 14.3 Å². The molecule has 0 aliphatic carbocycles. The summed E-state index contributed by atoms with van der Waals surface area (Å²) >= 11 is 0. The Kier molecular flexibility index (Phi) is 5.67. The number of carbonyl (C=O) groups is 1. The smallest absolute Gasteiger partial charge is 0.345 e. The Morgan fingerprint density at radius 2 is 2.17 bits per heavy atom. The molecule has 8 nitrogen and oxygen atoms in total. The van der Waals surface area contributed by atoms with Gasteiger partial charge in [-0.2, -0.15) is 10.1 Å². The number of benzene rings is 1. The fourth-order valence-corrected chi connectivity index (χ4v) is 1.96. The van der Waals surface area contributed by atoms with Crippen molar-refractivity contribution in [1.29, 1.82) is 0 Å². The Hall–Kier alpha value is -3.16. The number of aromatic amines is 1. The van der Waals surface area contributed by atoms with E-state index in [1.807, 2.05) is 6.92 Å². The number of hydrazone groups is 1. The number of nitrogens with zero attached hydrogens (tertiary/aromatic N) is 2. The fraction of sp³-hybridized carbons (Fsp3) is 0.250. The standard InChI is InChI=1S/C16H18N4O4/c1-4-24-14-8-11(5-6-13(14)23-3)9-17-20-15(21)12-7-10(2)18-16(22)19-12/h5-9H,4H2,1-3H3,(H,20,21)(H,18,19,22)/b17-9+. The molecular weight excluding hydrogens is 312 g/mol.